The molecule has 4 nitrogen and oxygen atoms in total. The summed E-state index contributed by atoms with van der Waals surface area (Å²) in [5.41, 5.74) is 0. The molecule has 1 aromatic rings. The van der Waals surface area contributed by atoms with Gasteiger partial charge in [0.1, 0.15) is 4.38 Å². The van der Waals surface area contributed by atoms with Crippen molar-refractivity contribution < 1.29 is 0 Å². The highest BCUT2D eigenvalue weighted by molar-refractivity contribution is 8.38. The zero-order chi connectivity index (χ0) is 12.8. The highest BCUT2D eigenvalue weighted by Gasteiger charge is 2.12. The molecule has 0 N–H and O–H groups in total. The molecule has 0 atom stereocenters. The van der Waals surface area contributed by atoms with E-state index in [2.05, 4.69) is 15.1 Å². The van der Waals surface area contributed by atoms with Crippen molar-refractivity contribution in [1.29, 1.82) is 0 Å². The van der Waals surface area contributed by atoms with Gasteiger partial charge in [-0.15, -0.1) is 28.6 Å². The van der Waals surface area contributed by atoms with Crippen LogP contribution in [-0.4, -0.2) is 48.5 Å². The minimum atomic E-state index is 0.549. The standard InChI is InChI=1S/C8H12N4S5/c1-14-6-9-5(10-7(15-2)16-3)12(11-6)8(13)17-4/h1-4H3. The lowest BCUT2D eigenvalue weighted by molar-refractivity contribution is 0.898. The number of thioether (sulfide) groups is 4. The molecule has 1 heterocycles. The molecule has 9 heteroatoms. The van der Waals surface area contributed by atoms with Gasteiger partial charge in [-0.05, 0) is 25.0 Å². The third-order valence-corrected chi connectivity index (χ3v) is 5.26. The Balaban J connectivity index is 3.16. The van der Waals surface area contributed by atoms with Crippen molar-refractivity contribution in [3.63, 3.8) is 0 Å². The minimum Gasteiger partial charge on any atom is -0.197 e. The molecule has 0 aliphatic carbocycles. The Kier molecular flexibility index (Phi) is 6.93. The van der Waals surface area contributed by atoms with E-state index >= 15 is 0 Å². The van der Waals surface area contributed by atoms with Crippen LogP contribution in [0.3, 0.4) is 0 Å². The predicted molar refractivity (Wildman–Crippen MR) is 87.4 cm³/mol. The summed E-state index contributed by atoms with van der Waals surface area (Å²) in [5.74, 6) is 0.549. The molecule has 0 aromatic carbocycles. The van der Waals surface area contributed by atoms with Crippen molar-refractivity contribution in [3.05, 3.63) is 0 Å². The van der Waals surface area contributed by atoms with Crippen molar-refractivity contribution >= 4 is 73.9 Å². The van der Waals surface area contributed by atoms with Gasteiger partial charge in [-0.3, -0.25) is 0 Å². The van der Waals surface area contributed by atoms with E-state index in [1.807, 2.05) is 25.0 Å². The number of hydrogen-bond donors (Lipinski definition) is 0. The molecule has 0 bridgehead atoms. The van der Waals surface area contributed by atoms with Crippen LogP contribution >= 0.6 is 59.3 Å². The summed E-state index contributed by atoms with van der Waals surface area (Å²) in [6, 6.07) is 0. The zero-order valence-electron chi connectivity index (χ0n) is 9.83. The van der Waals surface area contributed by atoms with E-state index in [0.29, 0.717) is 15.4 Å². The fourth-order valence-electron chi connectivity index (χ4n) is 0.910. The van der Waals surface area contributed by atoms with Crippen molar-refractivity contribution in [2.45, 2.75) is 5.16 Å². The second kappa shape index (κ2) is 7.67. The van der Waals surface area contributed by atoms with E-state index in [1.165, 1.54) is 23.5 Å². The van der Waals surface area contributed by atoms with E-state index < -0.39 is 0 Å². The summed E-state index contributed by atoms with van der Waals surface area (Å²) in [6.07, 6.45) is 7.82. The van der Waals surface area contributed by atoms with Crippen LogP contribution in [0.2, 0.25) is 0 Å². The maximum atomic E-state index is 5.23. The summed E-state index contributed by atoms with van der Waals surface area (Å²) < 4.78 is 3.20. The van der Waals surface area contributed by atoms with Gasteiger partial charge in [-0.1, -0.05) is 35.7 Å². The van der Waals surface area contributed by atoms with Crippen LogP contribution < -0.4 is 0 Å². The molecule has 1 rings (SSSR count). The van der Waals surface area contributed by atoms with Gasteiger partial charge in [0.05, 0.1) is 0 Å². The largest absolute Gasteiger partial charge is 0.256 e. The van der Waals surface area contributed by atoms with E-state index in [-0.39, 0.29) is 0 Å². The fourth-order valence-corrected chi connectivity index (χ4v) is 2.68. The maximum absolute atomic E-state index is 5.23. The molecule has 0 aliphatic rings. The molecule has 0 aliphatic heterocycles. The van der Waals surface area contributed by atoms with Gasteiger partial charge >= 0.3 is 0 Å². The number of aromatic nitrogens is 3. The first-order valence-corrected chi connectivity index (χ1v) is 9.73. The molecule has 0 spiro atoms. The highest BCUT2D eigenvalue weighted by Crippen LogP contribution is 2.22. The molecule has 0 radical (unpaired) electrons. The number of thiocarbonyl (C=S) groups is 1. The van der Waals surface area contributed by atoms with Gasteiger partial charge in [0.15, 0.2) is 4.32 Å². The molecule has 0 fully saturated rings. The third-order valence-electron chi connectivity index (χ3n) is 1.64. The average molecular weight is 325 g/mol. The number of hydrogen-bond acceptors (Lipinski definition) is 8. The molecule has 94 valence electrons. The summed E-state index contributed by atoms with van der Waals surface area (Å²) in [7, 11) is 0. The van der Waals surface area contributed by atoms with Crippen LogP contribution in [0, 0.1) is 0 Å². The highest BCUT2D eigenvalue weighted by atomic mass is 32.2. The molecule has 0 unspecified atom stereocenters. The minimum absolute atomic E-state index is 0.549. The van der Waals surface area contributed by atoms with Crippen molar-refractivity contribution in [3.8, 4) is 0 Å². The topological polar surface area (TPSA) is 43.1 Å². The molecular formula is C8H12N4S5. The maximum Gasteiger partial charge on any atom is 0.256 e. The Bertz CT molecular complexity index is 422. The number of aliphatic imine (C=N–C) groups is 1. The average Bonchev–Trinajstić information content (AvgIpc) is 2.77. The first kappa shape index (κ1) is 15.4. The van der Waals surface area contributed by atoms with Gasteiger partial charge in [-0.25, -0.2) is 0 Å². The molecule has 1 aromatic heterocycles. The third kappa shape index (κ3) is 4.16. The SMILES string of the molecule is CSC(=S)n1nc(SC)nc1N=C(SC)SC. The molecule has 0 saturated carbocycles. The first-order chi connectivity index (χ1) is 8.15. The Morgan fingerprint density at radius 3 is 2.29 bits per heavy atom. The number of nitrogens with zero attached hydrogens (tertiary/aromatic N) is 4. The lowest BCUT2D eigenvalue weighted by atomic mass is 11.0. The van der Waals surface area contributed by atoms with Crippen molar-refractivity contribution in [2.75, 3.05) is 25.0 Å². The smallest absolute Gasteiger partial charge is 0.197 e. The Morgan fingerprint density at radius 2 is 1.82 bits per heavy atom. The van der Waals surface area contributed by atoms with Gasteiger partial charge in [0.2, 0.25) is 5.16 Å². The molecule has 0 amide bonds. The first-order valence-electron chi connectivity index (χ1n) is 4.42. The van der Waals surface area contributed by atoms with Gasteiger partial charge < -0.3 is 0 Å². The van der Waals surface area contributed by atoms with Crippen LogP contribution in [0.1, 0.15) is 0 Å². The Hall–Kier alpha value is 0.300. The monoisotopic (exact) mass is 324 g/mol. The summed E-state index contributed by atoms with van der Waals surface area (Å²) in [4.78, 5) is 8.78. The van der Waals surface area contributed by atoms with Gasteiger partial charge in [-0.2, -0.15) is 14.7 Å². The molecular weight excluding hydrogens is 312 g/mol. The quantitative estimate of drug-likeness (QED) is 0.358. The molecule has 0 saturated heterocycles. The van der Waals surface area contributed by atoms with Crippen LogP contribution in [0.4, 0.5) is 5.95 Å². The van der Waals surface area contributed by atoms with E-state index in [0.717, 1.165) is 4.38 Å². The van der Waals surface area contributed by atoms with Crippen LogP contribution in [0.5, 0.6) is 0 Å². The second-order valence-electron chi connectivity index (χ2n) is 2.57. The lowest BCUT2D eigenvalue weighted by Crippen LogP contribution is -2.06. The summed E-state index contributed by atoms with van der Waals surface area (Å²) in [6.45, 7) is 0. The normalized spacial score (nSPS) is 10.4. The predicted octanol–water partition coefficient (Wildman–Crippen LogP) is 3.21. The Morgan fingerprint density at radius 1 is 1.18 bits per heavy atom. The second-order valence-corrected chi connectivity index (χ2v) is 6.63. The van der Waals surface area contributed by atoms with Crippen molar-refractivity contribution in [2.24, 2.45) is 4.99 Å². The van der Waals surface area contributed by atoms with Gasteiger partial charge in [0, 0.05) is 0 Å². The zero-order valence-corrected chi connectivity index (χ0v) is 13.9. The van der Waals surface area contributed by atoms with E-state index in [1.54, 1.807) is 28.2 Å². The van der Waals surface area contributed by atoms with E-state index in [9.17, 15) is 0 Å². The summed E-state index contributed by atoms with van der Waals surface area (Å²) >= 11 is 11.3. The van der Waals surface area contributed by atoms with Crippen LogP contribution in [0.25, 0.3) is 0 Å². The van der Waals surface area contributed by atoms with Gasteiger partial charge in [0.25, 0.3) is 5.95 Å². The van der Waals surface area contributed by atoms with Crippen LogP contribution in [0.15, 0.2) is 10.1 Å². The summed E-state index contributed by atoms with van der Waals surface area (Å²) in [5, 5.41) is 4.98. The fraction of sp³-hybridized carbons (Fsp3) is 0.500. The lowest BCUT2D eigenvalue weighted by Gasteiger charge is -2.01. The van der Waals surface area contributed by atoms with Crippen molar-refractivity contribution in [1.82, 2.24) is 14.8 Å². The van der Waals surface area contributed by atoms with Crippen LogP contribution in [-0.2, 0) is 0 Å². The van der Waals surface area contributed by atoms with E-state index in [4.69, 9.17) is 12.2 Å². The molecule has 17 heavy (non-hydrogen) atoms. The number of rotatable bonds is 2. The Labute approximate surface area is 123 Å².